The Balaban J connectivity index is 1.78. The third-order valence-corrected chi connectivity index (χ3v) is 4.15. The molecule has 4 N–H and O–H groups in total. The van der Waals surface area contributed by atoms with Gasteiger partial charge in [0.1, 0.15) is 30.1 Å². The van der Waals surface area contributed by atoms with E-state index < -0.39 is 37.3 Å². The largest absolute Gasteiger partial charge is 0.443 e. The molecular formula is C14H16N4O6S. The number of rotatable bonds is 5. The van der Waals surface area contributed by atoms with Gasteiger partial charge in [-0.1, -0.05) is 0 Å². The van der Waals surface area contributed by atoms with E-state index in [1.54, 1.807) is 23.7 Å². The van der Waals surface area contributed by atoms with Crippen LogP contribution in [0.1, 0.15) is 0 Å². The molecule has 0 spiro atoms. The Morgan fingerprint density at radius 2 is 1.96 bits per heavy atom. The van der Waals surface area contributed by atoms with Crippen LogP contribution in [0, 0.1) is 0 Å². The molecular weight excluding hydrogens is 352 g/mol. The van der Waals surface area contributed by atoms with Crippen LogP contribution in [0.4, 0.5) is 10.8 Å². The highest BCUT2D eigenvalue weighted by molar-refractivity contribution is 7.13. The number of hydrogen-bond acceptors (Lipinski definition) is 11. The molecule has 0 aliphatic carbocycles. The van der Waals surface area contributed by atoms with E-state index in [1.165, 1.54) is 17.5 Å². The summed E-state index contributed by atoms with van der Waals surface area (Å²) >= 11 is 1.30. The first-order valence-electron chi connectivity index (χ1n) is 7.33. The lowest BCUT2D eigenvalue weighted by molar-refractivity contribution is -0.278. The molecule has 134 valence electrons. The van der Waals surface area contributed by atoms with E-state index in [9.17, 15) is 20.4 Å². The number of aromatic nitrogens is 2. The number of nitrogens with zero attached hydrogens (tertiary/aromatic N) is 4. The van der Waals surface area contributed by atoms with E-state index in [4.69, 9.17) is 9.47 Å². The Hall–Kier alpha value is -2.02. The maximum Gasteiger partial charge on any atom is 0.244 e. The molecule has 25 heavy (non-hydrogen) atoms. The third-order valence-electron chi connectivity index (χ3n) is 3.49. The van der Waals surface area contributed by atoms with Crippen molar-refractivity contribution in [3.8, 4) is 5.88 Å². The molecule has 3 heterocycles. The fourth-order valence-corrected chi connectivity index (χ4v) is 2.64. The Morgan fingerprint density at radius 1 is 1.12 bits per heavy atom. The fourth-order valence-electron chi connectivity index (χ4n) is 2.19. The van der Waals surface area contributed by atoms with Gasteiger partial charge in [0.25, 0.3) is 0 Å². The predicted molar refractivity (Wildman–Crippen MR) is 84.9 cm³/mol. The van der Waals surface area contributed by atoms with E-state index in [2.05, 4.69) is 20.2 Å². The zero-order valence-electron chi connectivity index (χ0n) is 12.8. The van der Waals surface area contributed by atoms with Crippen molar-refractivity contribution in [2.75, 3.05) is 6.61 Å². The number of hydrogen-bond donors (Lipinski definition) is 4. The highest BCUT2D eigenvalue weighted by Gasteiger charge is 2.45. The Bertz CT molecular complexity index is 713. The second-order valence-electron chi connectivity index (χ2n) is 5.16. The van der Waals surface area contributed by atoms with Gasteiger partial charge in [0.15, 0.2) is 0 Å². The monoisotopic (exact) mass is 368 g/mol. The van der Waals surface area contributed by atoms with E-state index >= 15 is 0 Å². The molecule has 10 nitrogen and oxygen atoms in total. The van der Waals surface area contributed by atoms with E-state index in [0.29, 0.717) is 5.13 Å². The van der Waals surface area contributed by atoms with Crippen LogP contribution in [0.15, 0.2) is 40.1 Å². The van der Waals surface area contributed by atoms with Gasteiger partial charge >= 0.3 is 0 Å². The first-order valence-corrected chi connectivity index (χ1v) is 8.21. The van der Waals surface area contributed by atoms with Crippen molar-refractivity contribution in [1.29, 1.82) is 0 Å². The molecule has 0 radical (unpaired) electrons. The fraction of sp³-hybridized carbons (Fsp3) is 0.429. The summed E-state index contributed by atoms with van der Waals surface area (Å²) in [4.78, 5) is 7.98. The average molecular weight is 368 g/mol. The Morgan fingerprint density at radius 3 is 2.68 bits per heavy atom. The lowest BCUT2D eigenvalue weighted by Gasteiger charge is -2.39. The molecule has 2 aromatic rings. The van der Waals surface area contributed by atoms with Crippen LogP contribution >= 0.6 is 11.3 Å². The normalized spacial score (nSPS) is 29.8. The van der Waals surface area contributed by atoms with Crippen LogP contribution in [0.5, 0.6) is 5.88 Å². The van der Waals surface area contributed by atoms with Gasteiger partial charge in [-0.15, -0.1) is 21.6 Å². The lowest BCUT2D eigenvalue weighted by atomic mass is 9.99. The summed E-state index contributed by atoms with van der Waals surface area (Å²) in [5.74, 6) is 0.00661. The van der Waals surface area contributed by atoms with E-state index in [-0.39, 0.29) is 11.6 Å². The molecule has 0 saturated carbocycles. The predicted octanol–water partition coefficient (Wildman–Crippen LogP) is 0.132. The van der Waals surface area contributed by atoms with Gasteiger partial charge < -0.3 is 29.9 Å². The lowest BCUT2D eigenvalue weighted by Crippen LogP contribution is -2.60. The molecule has 1 aliphatic heterocycles. The quantitative estimate of drug-likeness (QED) is 0.544. The molecule has 5 atom stereocenters. The van der Waals surface area contributed by atoms with Crippen LogP contribution in [-0.4, -0.2) is 67.7 Å². The number of ether oxygens (including phenoxy) is 2. The second kappa shape index (κ2) is 7.91. The summed E-state index contributed by atoms with van der Waals surface area (Å²) in [6, 6.07) is 3.21. The van der Waals surface area contributed by atoms with Gasteiger partial charge in [-0.05, 0) is 12.1 Å². The van der Waals surface area contributed by atoms with Crippen molar-refractivity contribution >= 4 is 22.2 Å². The van der Waals surface area contributed by atoms with Gasteiger partial charge in [-0.2, -0.15) is 0 Å². The Labute approximate surface area is 146 Å². The molecule has 0 amide bonds. The zero-order valence-corrected chi connectivity index (χ0v) is 13.6. The van der Waals surface area contributed by atoms with Crippen molar-refractivity contribution in [2.45, 2.75) is 30.7 Å². The molecule has 2 aromatic heterocycles. The molecule has 1 saturated heterocycles. The molecule has 3 rings (SSSR count). The van der Waals surface area contributed by atoms with Gasteiger partial charge in [0, 0.05) is 17.8 Å². The average Bonchev–Trinajstić information content (AvgIpc) is 3.15. The minimum absolute atomic E-state index is 0.00661. The smallest absolute Gasteiger partial charge is 0.244 e. The summed E-state index contributed by atoms with van der Waals surface area (Å²) < 4.78 is 10.8. The third kappa shape index (κ3) is 3.98. The van der Waals surface area contributed by atoms with Gasteiger partial charge in [0.05, 0.1) is 6.61 Å². The SMILES string of the molecule is OC[C@H]1OC(Oc2ncccc2N=Nc2nccs2)[C@H](O)[C@@H](O)[C@H]1O. The number of aliphatic hydroxyl groups excluding tert-OH is 4. The molecule has 0 aromatic carbocycles. The molecule has 1 fully saturated rings. The van der Waals surface area contributed by atoms with E-state index in [1.807, 2.05) is 0 Å². The number of pyridine rings is 1. The highest BCUT2D eigenvalue weighted by Crippen LogP contribution is 2.30. The van der Waals surface area contributed by atoms with Gasteiger partial charge in [0.2, 0.25) is 17.3 Å². The summed E-state index contributed by atoms with van der Waals surface area (Å²) in [5, 5.41) is 49.0. The molecule has 1 aliphatic rings. The van der Waals surface area contributed by atoms with Crippen molar-refractivity contribution in [1.82, 2.24) is 9.97 Å². The van der Waals surface area contributed by atoms with Crippen molar-refractivity contribution in [3.63, 3.8) is 0 Å². The van der Waals surface area contributed by atoms with Crippen molar-refractivity contribution < 1.29 is 29.9 Å². The first-order chi connectivity index (χ1) is 12.1. The minimum atomic E-state index is -1.54. The van der Waals surface area contributed by atoms with Crippen LogP contribution in [-0.2, 0) is 4.74 Å². The van der Waals surface area contributed by atoms with Crippen molar-refractivity contribution in [2.24, 2.45) is 10.2 Å². The van der Waals surface area contributed by atoms with Crippen LogP contribution < -0.4 is 4.74 Å². The Kier molecular flexibility index (Phi) is 5.63. The number of thiazole rings is 1. The van der Waals surface area contributed by atoms with Crippen molar-refractivity contribution in [3.05, 3.63) is 29.9 Å². The maximum absolute atomic E-state index is 10.0. The molecule has 0 bridgehead atoms. The van der Waals surface area contributed by atoms with Crippen LogP contribution in [0.3, 0.4) is 0 Å². The standard InChI is InChI=1S/C14H16N4O6S/c19-6-8-9(20)10(21)11(22)13(23-8)24-12-7(2-1-3-15-12)17-18-14-16-4-5-25-14/h1-5,8-11,13,19-22H,6H2/t8-,9+,10+,11-,13?/m1/s1. The summed E-state index contributed by atoms with van der Waals surface area (Å²) in [5.41, 5.74) is 0.259. The van der Waals surface area contributed by atoms with Crippen LogP contribution in [0.25, 0.3) is 0 Å². The maximum atomic E-state index is 10.0. The number of azo groups is 1. The van der Waals surface area contributed by atoms with Gasteiger partial charge in [-0.3, -0.25) is 0 Å². The minimum Gasteiger partial charge on any atom is -0.443 e. The van der Waals surface area contributed by atoms with Crippen LogP contribution in [0.2, 0.25) is 0 Å². The highest BCUT2D eigenvalue weighted by atomic mass is 32.1. The van der Waals surface area contributed by atoms with E-state index in [0.717, 1.165) is 0 Å². The summed E-state index contributed by atoms with van der Waals surface area (Å²) in [7, 11) is 0. The molecule has 11 heteroatoms. The molecule has 1 unspecified atom stereocenters. The topological polar surface area (TPSA) is 150 Å². The zero-order chi connectivity index (χ0) is 17.8. The summed E-state index contributed by atoms with van der Waals surface area (Å²) in [6.45, 7) is -0.552. The van der Waals surface area contributed by atoms with Gasteiger partial charge in [-0.25, -0.2) is 9.97 Å². The first kappa shape index (κ1) is 17.8. The second-order valence-corrected chi connectivity index (χ2v) is 6.03. The number of aliphatic hydroxyl groups is 4. The summed E-state index contributed by atoms with van der Waals surface area (Å²) in [6.07, 6.45) is -3.93.